The van der Waals surface area contributed by atoms with Gasteiger partial charge in [-0.25, -0.2) is 0 Å². The number of carbonyl (C=O) groups excluding carboxylic acids is 1. The molecule has 0 saturated carbocycles. The number of pyridine rings is 1. The number of piperazine rings is 1. The van der Waals surface area contributed by atoms with E-state index in [-0.39, 0.29) is 5.91 Å². The largest absolute Gasteiger partial charge is 0.336 e. The van der Waals surface area contributed by atoms with Crippen LogP contribution in [0.3, 0.4) is 0 Å². The Bertz CT molecular complexity index is 1310. The van der Waals surface area contributed by atoms with E-state index >= 15 is 0 Å². The maximum Gasteiger partial charge on any atom is 0.253 e. The van der Waals surface area contributed by atoms with Gasteiger partial charge in [0.1, 0.15) is 0 Å². The lowest BCUT2D eigenvalue weighted by atomic mass is 10.1. The molecule has 2 aromatic carbocycles. The number of para-hydroxylation sites is 1. The first-order chi connectivity index (χ1) is 17.6. The fourth-order valence-electron chi connectivity index (χ4n) is 4.42. The number of likely N-dealkylation sites (N-methyl/N-ethyl adjacent to an activating group) is 1. The van der Waals surface area contributed by atoms with Crippen molar-refractivity contribution in [3.8, 4) is 17.1 Å². The summed E-state index contributed by atoms with van der Waals surface area (Å²) in [5.41, 5.74) is 5.06. The van der Waals surface area contributed by atoms with E-state index in [1.807, 2.05) is 53.4 Å². The molecule has 0 N–H and O–H groups in total. The van der Waals surface area contributed by atoms with Crippen LogP contribution in [-0.2, 0) is 5.75 Å². The Morgan fingerprint density at radius 1 is 0.917 bits per heavy atom. The molecule has 184 valence electrons. The maximum atomic E-state index is 12.9. The summed E-state index contributed by atoms with van der Waals surface area (Å²) in [7, 11) is 0. The molecule has 1 aliphatic heterocycles. The number of amides is 1. The van der Waals surface area contributed by atoms with Crippen LogP contribution in [0, 0.1) is 6.92 Å². The van der Waals surface area contributed by atoms with Crippen molar-refractivity contribution >= 4 is 17.7 Å². The van der Waals surface area contributed by atoms with Crippen molar-refractivity contribution in [1.29, 1.82) is 0 Å². The number of hydrogen-bond acceptors (Lipinski definition) is 6. The Morgan fingerprint density at radius 3 is 2.33 bits per heavy atom. The molecule has 5 rings (SSSR count). The number of aromatic nitrogens is 4. The van der Waals surface area contributed by atoms with Gasteiger partial charge in [-0.15, -0.1) is 10.2 Å². The maximum absolute atomic E-state index is 12.9. The van der Waals surface area contributed by atoms with E-state index in [0.29, 0.717) is 0 Å². The van der Waals surface area contributed by atoms with Crippen LogP contribution < -0.4 is 0 Å². The third kappa shape index (κ3) is 5.20. The monoisotopic (exact) mass is 498 g/mol. The highest BCUT2D eigenvalue weighted by atomic mass is 32.2. The summed E-state index contributed by atoms with van der Waals surface area (Å²) in [6, 6.07) is 20.1. The summed E-state index contributed by atoms with van der Waals surface area (Å²) < 4.78 is 2.11. The molecule has 3 heterocycles. The summed E-state index contributed by atoms with van der Waals surface area (Å²) in [6.45, 7) is 8.77. The lowest BCUT2D eigenvalue weighted by molar-refractivity contribution is 0.0643. The molecule has 4 aromatic rings. The molecule has 0 atom stereocenters. The van der Waals surface area contributed by atoms with E-state index in [9.17, 15) is 4.79 Å². The van der Waals surface area contributed by atoms with Gasteiger partial charge in [0.2, 0.25) is 0 Å². The van der Waals surface area contributed by atoms with Crippen LogP contribution in [0.2, 0.25) is 0 Å². The fourth-order valence-corrected chi connectivity index (χ4v) is 5.32. The molecular weight excluding hydrogens is 468 g/mol. The minimum Gasteiger partial charge on any atom is -0.336 e. The summed E-state index contributed by atoms with van der Waals surface area (Å²) in [6.07, 6.45) is 3.54. The number of aryl methyl sites for hydroxylation is 1. The van der Waals surface area contributed by atoms with Gasteiger partial charge in [-0.2, -0.15) is 0 Å². The number of benzene rings is 2. The molecule has 1 saturated heterocycles. The number of carbonyl (C=O) groups is 1. The Labute approximate surface area is 216 Å². The molecule has 2 aromatic heterocycles. The van der Waals surface area contributed by atoms with Crippen molar-refractivity contribution in [3.63, 3.8) is 0 Å². The van der Waals surface area contributed by atoms with Crippen LogP contribution in [0.5, 0.6) is 0 Å². The molecule has 0 spiro atoms. The van der Waals surface area contributed by atoms with E-state index in [0.717, 1.165) is 77.4 Å². The number of thioether (sulfide) groups is 1. The fraction of sp³-hybridized carbons (Fsp3) is 0.286. The average Bonchev–Trinajstić information content (AvgIpc) is 3.36. The topological polar surface area (TPSA) is 67.2 Å². The zero-order valence-electron chi connectivity index (χ0n) is 20.7. The Balaban J connectivity index is 1.33. The number of nitrogens with zero attached hydrogens (tertiary/aromatic N) is 6. The van der Waals surface area contributed by atoms with Gasteiger partial charge in [0.05, 0.1) is 5.69 Å². The molecule has 1 aliphatic rings. The standard InChI is InChI=1S/C28H30N6OS/c1-3-32-16-18-33(19-17-32)27(35)24-10-8-22(9-11-24)20-36-28-31-30-26(23-12-14-29-15-13-23)34(28)25-7-5-4-6-21(25)2/h4-15H,3,16-20H2,1-2H3. The molecule has 0 unspecified atom stereocenters. The van der Waals surface area contributed by atoms with Gasteiger partial charge in [0.25, 0.3) is 5.91 Å². The van der Waals surface area contributed by atoms with Gasteiger partial charge >= 0.3 is 0 Å². The van der Waals surface area contributed by atoms with Gasteiger partial charge in [0.15, 0.2) is 11.0 Å². The number of rotatable bonds is 7. The third-order valence-corrected chi connectivity index (χ3v) is 7.60. The first-order valence-electron chi connectivity index (χ1n) is 12.3. The molecule has 1 amide bonds. The lowest BCUT2D eigenvalue weighted by Crippen LogP contribution is -2.48. The first-order valence-corrected chi connectivity index (χ1v) is 13.3. The van der Waals surface area contributed by atoms with E-state index in [1.165, 1.54) is 0 Å². The molecule has 8 heteroatoms. The number of hydrogen-bond donors (Lipinski definition) is 0. The van der Waals surface area contributed by atoms with Gasteiger partial charge in [0, 0.05) is 55.5 Å². The normalized spacial score (nSPS) is 14.2. The van der Waals surface area contributed by atoms with Gasteiger partial charge in [-0.3, -0.25) is 14.3 Å². The van der Waals surface area contributed by atoms with Crippen LogP contribution in [0.25, 0.3) is 17.1 Å². The smallest absolute Gasteiger partial charge is 0.253 e. The predicted molar refractivity (Wildman–Crippen MR) is 143 cm³/mol. The summed E-state index contributed by atoms with van der Waals surface area (Å²) in [4.78, 5) is 21.4. The van der Waals surface area contributed by atoms with Crippen molar-refractivity contribution in [2.45, 2.75) is 24.8 Å². The van der Waals surface area contributed by atoms with Crippen LogP contribution >= 0.6 is 11.8 Å². The first kappa shape index (κ1) is 24.2. The van der Waals surface area contributed by atoms with Crippen LogP contribution in [-0.4, -0.2) is 68.2 Å². The molecule has 0 bridgehead atoms. The van der Waals surface area contributed by atoms with Crippen LogP contribution in [0.1, 0.15) is 28.4 Å². The van der Waals surface area contributed by atoms with E-state index in [4.69, 9.17) is 0 Å². The molecular formula is C28H30N6OS. The van der Waals surface area contributed by atoms with Crippen LogP contribution in [0.4, 0.5) is 0 Å². The Morgan fingerprint density at radius 2 is 1.64 bits per heavy atom. The van der Waals surface area contributed by atoms with Gasteiger partial charge in [-0.05, 0) is 54.9 Å². The van der Waals surface area contributed by atoms with Crippen molar-refractivity contribution in [3.05, 3.63) is 89.7 Å². The highest BCUT2D eigenvalue weighted by molar-refractivity contribution is 7.98. The van der Waals surface area contributed by atoms with E-state index in [2.05, 4.69) is 50.6 Å². The molecule has 36 heavy (non-hydrogen) atoms. The van der Waals surface area contributed by atoms with Gasteiger partial charge < -0.3 is 9.80 Å². The predicted octanol–water partition coefficient (Wildman–Crippen LogP) is 4.71. The second-order valence-electron chi connectivity index (χ2n) is 8.88. The summed E-state index contributed by atoms with van der Waals surface area (Å²) in [5, 5.41) is 9.89. The van der Waals surface area contributed by atoms with Crippen LogP contribution in [0.15, 0.2) is 78.2 Å². The quantitative estimate of drug-likeness (QED) is 0.344. The highest BCUT2D eigenvalue weighted by Gasteiger charge is 2.21. The third-order valence-electron chi connectivity index (χ3n) is 6.60. The van der Waals surface area contributed by atoms with Crippen molar-refractivity contribution in [1.82, 2.24) is 29.5 Å². The van der Waals surface area contributed by atoms with Crippen molar-refractivity contribution < 1.29 is 4.79 Å². The Kier molecular flexibility index (Phi) is 7.44. The Hall–Kier alpha value is -3.49. The highest BCUT2D eigenvalue weighted by Crippen LogP contribution is 2.31. The zero-order valence-corrected chi connectivity index (χ0v) is 21.5. The van der Waals surface area contributed by atoms with Crippen molar-refractivity contribution in [2.24, 2.45) is 0 Å². The minimum absolute atomic E-state index is 0.117. The second kappa shape index (κ2) is 11.1. The average molecular weight is 499 g/mol. The molecule has 7 nitrogen and oxygen atoms in total. The molecule has 0 radical (unpaired) electrons. The minimum atomic E-state index is 0.117. The zero-order chi connectivity index (χ0) is 24.9. The SMILES string of the molecule is CCN1CCN(C(=O)c2ccc(CSc3nnc(-c4ccncc4)n3-c3ccccc3C)cc2)CC1. The summed E-state index contributed by atoms with van der Waals surface area (Å²) >= 11 is 1.64. The van der Waals surface area contributed by atoms with E-state index < -0.39 is 0 Å². The lowest BCUT2D eigenvalue weighted by Gasteiger charge is -2.34. The van der Waals surface area contributed by atoms with Gasteiger partial charge in [-0.1, -0.05) is 49.0 Å². The van der Waals surface area contributed by atoms with Crippen molar-refractivity contribution in [2.75, 3.05) is 32.7 Å². The molecule has 0 aliphatic carbocycles. The second-order valence-corrected chi connectivity index (χ2v) is 9.82. The molecule has 1 fully saturated rings. The summed E-state index contributed by atoms with van der Waals surface area (Å²) in [5.74, 6) is 1.63. The van der Waals surface area contributed by atoms with E-state index in [1.54, 1.807) is 24.2 Å².